The molecule has 1 saturated heterocycles. The molecule has 0 unspecified atom stereocenters. The molecule has 1 fully saturated rings. The number of rotatable bonds is 8. The van der Waals surface area contributed by atoms with Crippen LogP contribution in [0.25, 0.3) is 10.8 Å². The number of anilines is 3. The third-order valence-corrected chi connectivity index (χ3v) is 6.85. The fourth-order valence-electron chi connectivity index (χ4n) is 4.39. The lowest BCUT2D eigenvalue weighted by atomic mass is 10.1. The summed E-state index contributed by atoms with van der Waals surface area (Å²) < 4.78 is 7.73. The lowest BCUT2D eigenvalue weighted by molar-refractivity contribution is 0.250. The summed E-state index contributed by atoms with van der Waals surface area (Å²) in [6.07, 6.45) is 0. The molecule has 5 nitrogen and oxygen atoms in total. The lowest BCUT2D eigenvalue weighted by Gasteiger charge is -2.36. The Morgan fingerprint density at radius 2 is 1.50 bits per heavy atom. The van der Waals surface area contributed by atoms with Gasteiger partial charge in [0.1, 0.15) is 12.2 Å². The van der Waals surface area contributed by atoms with E-state index in [9.17, 15) is 0 Å². The van der Waals surface area contributed by atoms with E-state index >= 15 is 0 Å². The van der Waals surface area contributed by atoms with E-state index in [4.69, 9.17) is 4.28 Å². The first-order valence-corrected chi connectivity index (χ1v) is 12.4. The first-order valence-electron chi connectivity index (χ1n) is 11.7. The van der Waals surface area contributed by atoms with E-state index in [-0.39, 0.29) is 0 Å². The van der Waals surface area contributed by atoms with Gasteiger partial charge in [-0.1, -0.05) is 66.7 Å². The van der Waals surface area contributed by atoms with E-state index < -0.39 is 0 Å². The lowest BCUT2D eigenvalue weighted by Crippen LogP contribution is -2.45. The molecule has 5 rings (SSSR count). The highest BCUT2D eigenvalue weighted by Gasteiger charge is 2.17. The van der Waals surface area contributed by atoms with Crippen LogP contribution in [-0.4, -0.2) is 38.1 Å². The van der Waals surface area contributed by atoms with E-state index in [0.29, 0.717) is 0 Å². The summed E-state index contributed by atoms with van der Waals surface area (Å²) in [7, 11) is 2.01. The Bertz CT molecular complexity index is 1190. The van der Waals surface area contributed by atoms with Gasteiger partial charge in [0.15, 0.2) is 0 Å². The van der Waals surface area contributed by atoms with Crippen LogP contribution >= 0.6 is 12.2 Å². The quantitative estimate of drug-likeness (QED) is 0.187. The zero-order valence-electron chi connectivity index (χ0n) is 19.4. The molecule has 0 spiro atoms. The van der Waals surface area contributed by atoms with E-state index in [0.717, 1.165) is 44.1 Å². The minimum absolute atomic E-state index is 0.941. The molecule has 1 aliphatic heterocycles. The second kappa shape index (κ2) is 10.8. The van der Waals surface area contributed by atoms with Crippen molar-refractivity contribution in [1.82, 2.24) is 4.90 Å². The largest absolute Gasteiger partial charge is 0.369 e. The molecule has 0 bridgehead atoms. The summed E-state index contributed by atoms with van der Waals surface area (Å²) in [5.41, 5.74) is 7.75. The highest BCUT2D eigenvalue weighted by molar-refractivity contribution is 7.96. The number of nitrogens with one attached hydrogen (secondary N) is 1. The molecule has 0 atom stereocenters. The Morgan fingerprint density at radius 3 is 2.29 bits per heavy atom. The van der Waals surface area contributed by atoms with Gasteiger partial charge in [-0.3, -0.25) is 14.7 Å². The van der Waals surface area contributed by atoms with E-state index in [2.05, 4.69) is 112 Å². The normalized spacial score (nSPS) is 14.3. The van der Waals surface area contributed by atoms with E-state index in [1.165, 1.54) is 34.3 Å². The molecule has 0 aromatic heterocycles. The second-order valence-electron chi connectivity index (χ2n) is 8.55. The van der Waals surface area contributed by atoms with Crippen LogP contribution in [0, 0.1) is 0 Å². The predicted octanol–water partition coefficient (Wildman–Crippen LogP) is 6.21. The van der Waals surface area contributed by atoms with Crippen molar-refractivity contribution >= 4 is 40.1 Å². The highest BCUT2D eigenvalue weighted by atomic mass is 32.2. The van der Waals surface area contributed by atoms with Crippen LogP contribution in [0.4, 0.5) is 17.1 Å². The average molecular weight is 471 g/mol. The van der Waals surface area contributed by atoms with Gasteiger partial charge in [-0.05, 0) is 41.3 Å². The maximum Gasteiger partial charge on any atom is 0.142 e. The molecule has 6 heteroatoms. The monoisotopic (exact) mass is 470 g/mol. The SMILES string of the molecule is CN(SONc1ccc(CN2CCN(c3ccccc3)CC2)cc1)c1cccc2ccccc12. The number of para-hydroxylation sites is 1. The van der Waals surface area contributed by atoms with Crippen molar-refractivity contribution in [2.75, 3.05) is 47.9 Å². The van der Waals surface area contributed by atoms with Crippen molar-refractivity contribution in [1.29, 1.82) is 0 Å². The fourth-order valence-corrected chi connectivity index (χ4v) is 4.87. The molecule has 0 radical (unpaired) electrons. The Hall–Kier alpha value is -3.19. The Balaban J connectivity index is 1.08. The maximum atomic E-state index is 5.71. The Labute approximate surface area is 206 Å². The fraction of sp³-hybridized carbons (Fsp3) is 0.214. The van der Waals surface area contributed by atoms with Crippen LogP contribution in [0.15, 0.2) is 97.1 Å². The molecule has 0 aliphatic carbocycles. The van der Waals surface area contributed by atoms with Crippen molar-refractivity contribution in [3.8, 4) is 0 Å². The van der Waals surface area contributed by atoms with Crippen LogP contribution in [-0.2, 0) is 10.8 Å². The Morgan fingerprint density at radius 1 is 0.794 bits per heavy atom. The van der Waals surface area contributed by atoms with Gasteiger partial charge in [-0.25, -0.2) is 0 Å². The first-order chi connectivity index (χ1) is 16.8. The molecule has 4 aromatic rings. The van der Waals surface area contributed by atoms with Crippen molar-refractivity contribution < 1.29 is 4.28 Å². The van der Waals surface area contributed by atoms with Gasteiger partial charge in [0.2, 0.25) is 0 Å². The smallest absolute Gasteiger partial charge is 0.142 e. The molecule has 1 N–H and O–H groups in total. The van der Waals surface area contributed by atoms with Gasteiger partial charge in [0, 0.05) is 50.8 Å². The molecule has 1 heterocycles. The maximum absolute atomic E-state index is 5.71. The number of piperazine rings is 1. The van der Waals surface area contributed by atoms with Gasteiger partial charge in [-0.15, -0.1) is 0 Å². The number of nitrogens with zero attached hydrogens (tertiary/aromatic N) is 3. The van der Waals surface area contributed by atoms with Gasteiger partial charge in [0.05, 0.1) is 11.4 Å². The minimum atomic E-state index is 0.941. The molecule has 34 heavy (non-hydrogen) atoms. The molecule has 1 aliphatic rings. The number of hydrogen-bond acceptors (Lipinski definition) is 6. The predicted molar refractivity (Wildman–Crippen MR) is 145 cm³/mol. The summed E-state index contributed by atoms with van der Waals surface area (Å²) in [5.74, 6) is 0. The van der Waals surface area contributed by atoms with Crippen molar-refractivity contribution in [3.63, 3.8) is 0 Å². The molecule has 0 amide bonds. The third kappa shape index (κ3) is 5.47. The van der Waals surface area contributed by atoms with Crippen LogP contribution in [0.5, 0.6) is 0 Å². The molecule has 4 aromatic carbocycles. The zero-order valence-corrected chi connectivity index (χ0v) is 20.2. The first kappa shape index (κ1) is 22.6. The molecule has 174 valence electrons. The van der Waals surface area contributed by atoms with Crippen LogP contribution in [0.3, 0.4) is 0 Å². The van der Waals surface area contributed by atoms with E-state index in [1.807, 2.05) is 11.4 Å². The molecular formula is C28H30N4OS. The topological polar surface area (TPSA) is 31.0 Å². The third-order valence-electron chi connectivity index (χ3n) is 6.27. The van der Waals surface area contributed by atoms with Crippen molar-refractivity contribution in [2.24, 2.45) is 0 Å². The summed E-state index contributed by atoms with van der Waals surface area (Å²) in [4.78, 5) is 4.99. The van der Waals surface area contributed by atoms with E-state index in [1.54, 1.807) is 0 Å². The summed E-state index contributed by atoms with van der Waals surface area (Å²) >= 11 is 1.28. The summed E-state index contributed by atoms with van der Waals surface area (Å²) in [6.45, 7) is 5.27. The van der Waals surface area contributed by atoms with Crippen LogP contribution in [0.1, 0.15) is 5.56 Å². The number of fused-ring (bicyclic) bond motifs is 1. The van der Waals surface area contributed by atoms with Crippen LogP contribution in [0.2, 0.25) is 0 Å². The number of hydrogen-bond donors (Lipinski definition) is 1. The Kier molecular flexibility index (Phi) is 7.19. The standard InChI is InChI=1S/C28H30N4OS/c1-30(28-13-7-9-24-8-5-6-12-27(24)28)34-33-29-25-16-14-23(15-17-25)22-31-18-20-32(21-19-31)26-10-3-2-4-11-26/h2-17,29H,18-22H2,1H3. The molecular weight excluding hydrogens is 440 g/mol. The summed E-state index contributed by atoms with van der Waals surface area (Å²) in [6, 6.07) is 33.9. The minimum Gasteiger partial charge on any atom is -0.369 e. The van der Waals surface area contributed by atoms with Crippen molar-refractivity contribution in [3.05, 3.63) is 103 Å². The van der Waals surface area contributed by atoms with Crippen LogP contribution < -0.4 is 14.7 Å². The average Bonchev–Trinajstić information content (AvgIpc) is 2.90. The highest BCUT2D eigenvalue weighted by Crippen LogP contribution is 2.30. The molecule has 0 saturated carbocycles. The number of benzene rings is 4. The summed E-state index contributed by atoms with van der Waals surface area (Å²) in [5, 5.41) is 2.43. The zero-order chi connectivity index (χ0) is 23.2. The van der Waals surface area contributed by atoms with Crippen molar-refractivity contribution in [2.45, 2.75) is 6.54 Å². The second-order valence-corrected chi connectivity index (χ2v) is 9.41. The van der Waals surface area contributed by atoms with Gasteiger partial charge < -0.3 is 4.90 Å². The van der Waals surface area contributed by atoms with Gasteiger partial charge in [-0.2, -0.15) is 4.28 Å². The van der Waals surface area contributed by atoms with Gasteiger partial charge >= 0.3 is 0 Å². The van der Waals surface area contributed by atoms with Gasteiger partial charge in [0.25, 0.3) is 0 Å².